The monoisotopic (exact) mass is 394 g/mol. The molecule has 0 bridgehead atoms. The minimum Gasteiger partial charge on any atom is -0.375 e. The van der Waals surface area contributed by atoms with Crippen LogP contribution in [0.3, 0.4) is 0 Å². The standard InChI is InChI=1S/C20H22N6O3/c1-15-19(22-23-25(15)17-10-6-11-18(14-17)26(28)29)20(27)21-12-7-13-24(2)16-8-4-3-5-9-16/h3-6,8-11,14H,7,12-13H2,1-2H3,(H,21,27). The Kier molecular flexibility index (Phi) is 6.18. The van der Waals surface area contributed by atoms with Crippen LogP contribution in [0, 0.1) is 17.0 Å². The summed E-state index contributed by atoms with van der Waals surface area (Å²) in [5.41, 5.74) is 2.27. The van der Waals surface area contributed by atoms with E-state index >= 15 is 0 Å². The Morgan fingerprint density at radius 2 is 1.97 bits per heavy atom. The molecule has 0 aliphatic heterocycles. The summed E-state index contributed by atoms with van der Waals surface area (Å²) in [4.78, 5) is 25.1. The van der Waals surface area contributed by atoms with E-state index in [2.05, 4.69) is 20.5 Å². The van der Waals surface area contributed by atoms with Crippen LogP contribution in [0.2, 0.25) is 0 Å². The lowest BCUT2D eigenvalue weighted by Gasteiger charge is -2.19. The van der Waals surface area contributed by atoms with Gasteiger partial charge in [-0.1, -0.05) is 29.5 Å². The molecule has 1 heterocycles. The highest BCUT2D eigenvalue weighted by atomic mass is 16.6. The molecule has 1 N–H and O–H groups in total. The summed E-state index contributed by atoms with van der Waals surface area (Å²) in [6, 6.07) is 16.1. The van der Waals surface area contributed by atoms with Crippen LogP contribution < -0.4 is 10.2 Å². The molecule has 3 aromatic rings. The lowest BCUT2D eigenvalue weighted by Crippen LogP contribution is -2.28. The summed E-state index contributed by atoms with van der Waals surface area (Å²) in [6.45, 7) is 3.00. The van der Waals surface area contributed by atoms with Gasteiger partial charge in [0.2, 0.25) is 0 Å². The molecule has 1 aromatic heterocycles. The molecule has 0 fully saturated rings. The number of aromatic nitrogens is 3. The van der Waals surface area contributed by atoms with Crippen LogP contribution in [0.25, 0.3) is 5.69 Å². The van der Waals surface area contributed by atoms with Gasteiger partial charge >= 0.3 is 0 Å². The normalized spacial score (nSPS) is 10.6. The zero-order chi connectivity index (χ0) is 20.8. The lowest BCUT2D eigenvalue weighted by molar-refractivity contribution is -0.384. The minimum absolute atomic E-state index is 0.0501. The smallest absolute Gasteiger partial charge is 0.273 e. The highest BCUT2D eigenvalue weighted by Crippen LogP contribution is 2.18. The first kappa shape index (κ1) is 20.0. The Morgan fingerprint density at radius 3 is 2.69 bits per heavy atom. The average Bonchev–Trinajstić information content (AvgIpc) is 3.13. The van der Waals surface area contributed by atoms with Crippen LogP contribution >= 0.6 is 0 Å². The molecular formula is C20H22N6O3. The second kappa shape index (κ2) is 8.96. The van der Waals surface area contributed by atoms with Crippen LogP contribution in [-0.2, 0) is 0 Å². The van der Waals surface area contributed by atoms with Crippen molar-refractivity contribution >= 4 is 17.3 Å². The van der Waals surface area contributed by atoms with Crippen molar-refractivity contribution in [2.45, 2.75) is 13.3 Å². The maximum Gasteiger partial charge on any atom is 0.273 e. The molecule has 2 aromatic carbocycles. The van der Waals surface area contributed by atoms with Gasteiger partial charge in [0, 0.05) is 38.0 Å². The molecule has 0 spiro atoms. The number of rotatable bonds is 8. The zero-order valence-electron chi connectivity index (χ0n) is 16.3. The second-order valence-corrected chi connectivity index (χ2v) is 6.58. The van der Waals surface area contributed by atoms with E-state index in [0.29, 0.717) is 17.9 Å². The Morgan fingerprint density at radius 1 is 1.21 bits per heavy atom. The fourth-order valence-corrected chi connectivity index (χ4v) is 2.94. The van der Waals surface area contributed by atoms with Crippen LogP contribution in [0.15, 0.2) is 54.6 Å². The molecule has 0 radical (unpaired) electrons. The van der Waals surface area contributed by atoms with E-state index in [-0.39, 0.29) is 17.3 Å². The van der Waals surface area contributed by atoms with Crippen molar-refractivity contribution in [2.24, 2.45) is 0 Å². The Balaban J connectivity index is 1.58. The topological polar surface area (TPSA) is 106 Å². The highest BCUT2D eigenvalue weighted by Gasteiger charge is 2.18. The summed E-state index contributed by atoms with van der Waals surface area (Å²) >= 11 is 0. The van der Waals surface area contributed by atoms with Crippen LogP contribution in [-0.4, -0.2) is 46.0 Å². The van der Waals surface area contributed by atoms with E-state index in [1.807, 2.05) is 37.4 Å². The summed E-state index contributed by atoms with van der Waals surface area (Å²) in [5, 5.41) is 21.7. The number of amides is 1. The van der Waals surface area contributed by atoms with E-state index in [1.165, 1.54) is 16.8 Å². The van der Waals surface area contributed by atoms with E-state index in [1.54, 1.807) is 19.1 Å². The molecule has 9 heteroatoms. The average molecular weight is 394 g/mol. The number of nitro benzene ring substituents is 1. The van der Waals surface area contributed by atoms with Gasteiger partial charge in [0.15, 0.2) is 5.69 Å². The van der Waals surface area contributed by atoms with Crippen molar-refractivity contribution in [2.75, 3.05) is 25.0 Å². The fraction of sp³-hybridized carbons (Fsp3) is 0.250. The van der Waals surface area contributed by atoms with Gasteiger partial charge < -0.3 is 10.2 Å². The molecule has 150 valence electrons. The van der Waals surface area contributed by atoms with E-state index in [4.69, 9.17) is 0 Å². The maximum absolute atomic E-state index is 12.5. The number of carbonyl (C=O) groups is 1. The summed E-state index contributed by atoms with van der Waals surface area (Å²) < 4.78 is 1.42. The van der Waals surface area contributed by atoms with Crippen molar-refractivity contribution in [1.82, 2.24) is 20.3 Å². The number of carbonyl (C=O) groups excluding carboxylic acids is 1. The molecule has 0 atom stereocenters. The number of nitro groups is 1. The number of benzene rings is 2. The number of nitrogens with one attached hydrogen (secondary N) is 1. The number of non-ortho nitro benzene ring substituents is 1. The maximum atomic E-state index is 12.5. The molecule has 0 aliphatic rings. The summed E-state index contributed by atoms with van der Waals surface area (Å²) in [7, 11) is 2.01. The molecule has 29 heavy (non-hydrogen) atoms. The third-order valence-electron chi connectivity index (χ3n) is 4.55. The van der Waals surface area contributed by atoms with Gasteiger partial charge in [-0.15, -0.1) is 5.10 Å². The van der Waals surface area contributed by atoms with Crippen LogP contribution in [0.5, 0.6) is 0 Å². The number of para-hydroxylation sites is 1. The van der Waals surface area contributed by atoms with Crippen molar-refractivity contribution < 1.29 is 9.72 Å². The molecule has 9 nitrogen and oxygen atoms in total. The fourth-order valence-electron chi connectivity index (χ4n) is 2.94. The van der Waals surface area contributed by atoms with Gasteiger partial charge in [-0.2, -0.15) is 0 Å². The van der Waals surface area contributed by atoms with Gasteiger partial charge in [0.25, 0.3) is 11.6 Å². The number of hydrogen-bond donors (Lipinski definition) is 1. The first-order valence-electron chi connectivity index (χ1n) is 9.19. The van der Waals surface area contributed by atoms with Crippen molar-refractivity contribution in [1.29, 1.82) is 0 Å². The molecule has 1 amide bonds. The molecular weight excluding hydrogens is 372 g/mol. The molecule has 0 unspecified atom stereocenters. The van der Waals surface area contributed by atoms with E-state index in [9.17, 15) is 14.9 Å². The van der Waals surface area contributed by atoms with Crippen molar-refractivity contribution in [3.8, 4) is 5.69 Å². The van der Waals surface area contributed by atoms with Crippen LogP contribution in [0.4, 0.5) is 11.4 Å². The first-order chi connectivity index (χ1) is 14.0. The predicted octanol–water partition coefficient (Wildman–Crippen LogP) is 2.74. The second-order valence-electron chi connectivity index (χ2n) is 6.58. The zero-order valence-corrected chi connectivity index (χ0v) is 16.3. The molecule has 0 saturated heterocycles. The van der Waals surface area contributed by atoms with Gasteiger partial charge in [-0.25, -0.2) is 4.68 Å². The quantitative estimate of drug-likeness (QED) is 0.358. The molecule has 0 aliphatic carbocycles. The van der Waals surface area contributed by atoms with Gasteiger partial charge in [-0.05, 0) is 31.5 Å². The third-order valence-corrected chi connectivity index (χ3v) is 4.55. The minimum atomic E-state index is -0.476. The largest absolute Gasteiger partial charge is 0.375 e. The Bertz CT molecular complexity index is 1000. The number of hydrogen-bond acceptors (Lipinski definition) is 6. The van der Waals surface area contributed by atoms with Crippen LogP contribution in [0.1, 0.15) is 22.6 Å². The molecule has 0 saturated carbocycles. The van der Waals surface area contributed by atoms with Gasteiger partial charge in [0.05, 0.1) is 16.3 Å². The van der Waals surface area contributed by atoms with Gasteiger partial charge in [0.1, 0.15) is 0 Å². The highest BCUT2D eigenvalue weighted by molar-refractivity contribution is 5.93. The summed E-state index contributed by atoms with van der Waals surface area (Å²) in [5.74, 6) is -0.318. The molecule has 3 rings (SSSR count). The first-order valence-corrected chi connectivity index (χ1v) is 9.19. The Hall–Kier alpha value is -3.75. The SMILES string of the molecule is Cc1c(C(=O)NCCCN(C)c2ccccc2)nnn1-c1cccc([N+](=O)[O-])c1. The number of anilines is 1. The summed E-state index contributed by atoms with van der Waals surface area (Å²) in [6.07, 6.45) is 0.773. The van der Waals surface area contributed by atoms with E-state index < -0.39 is 4.92 Å². The lowest BCUT2D eigenvalue weighted by atomic mass is 10.2. The van der Waals surface area contributed by atoms with Gasteiger partial charge in [-0.3, -0.25) is 14.9 Å². The predicted molar refractivity (Wildman–Crippen MR) is 109 cm³/mol. The number of nitrogens with zero attached hydrogens (tertiary/aromatic N) is 5. The van der Waals surface area contributed by atoms with Crippen molar-refractivity contribution in [3.63, 3.8) is 0 Å². The van der Waals surface area contributed by atoms with E-state index in [0.717, 1.165) is 18.7 Å². The third kappa shape index (κ3) is 4.75. The Labute approximate surface area is 168 Å². The van der Waals surface area contributed by atoms with Crippen molar-refractivity contribution in [3.05, 3.63) is 76.1 Å².